The molecule has 1 aliphatic carbocycles. The van der Waals surface area contributed by atoms with Crippen LogP contribution in [0.5, 0.6) is 0 Å². The van der Waals surface area contributed by atoms with Gasteiger partial charge in [0.2, 0.25) is 5.95 Å². The van der Waals surface area contributed by atoms with Gasteiger partial charge in [-0.1, -0.05) is 31.4 Å². The van der Waals surface area contributed by atoms with Crippen LogP contribution in [0.1, 0.15) is 32.1 Å². The lowest BCUT2D eigenvalue weighted by atomic mass is 9.73. The zero-order valence-corrected chi connectivity index (χ0v) is 19.5. The van der Waals surface area contributed by atoms with Crippen molar-refractivity contribution in [1.29, 1.82) is 0 Å². The number of carbonyl (C=O) groups excluding carboxylic acids is 1. The third-order valence-electron chi connectivity index (χ3n) is 6.75. The maximum Gasteiger partial charge on any atom is 0.314 e. The summed E-state index contributed by atoms with van der Waals surface area (Å²) in [4.78, 5) is 25.7. The highest BCUT2D eigenvalue weighted by molar-refractivity contribution is 7.79. The maximum absolute atomic E-state index is 13.2. The molecule has 0 bridgehead atoms. The van der Waals surface area contributed by atoms with Gasteiger partial charge in [-0.3, -0.25) is 9.69 Å². The van der Waals surface area contributed by atoms with Gasteiger partial charge in [0, 0.05) is 44.1 Å². The fourth-order valence-electron chi connectivity index (χ4n) is 5.04. The van der Waals surface area contributed by atoms with E-state index in [9.17, 15) is 17.9 Å². The zero-order valence-electron chi connectivity index (χ0n) is 18.7. The van der Waals surface area contributed by atoms with Gasteiger partial charge in [-0.2, -0.15) is 0 Å². The van der Waals surface area contributed by atoms with Crippen molar-refractivity contribution in [3.63, 3.8) is 0 Å². The summed E-state index contributed by atoms with van der Waals surface area (Å²) in [5, 5.41) is -0.797. The van der Waals surface area contributed by atoms with Crippen molar-refractivity contribution in [2.45, 2.75) is 37.5 Å². The average molecular weight is 477 g/mol. The Morgan fingerprint density at radius 3 is 2.21 bits per heavy atom. The first-order valence-corrected chi connectivity index (χ1v) is 12.4. The van der Waals surface area contributed by atoms with Crippen molar-refractivity contribution in [2.24, 2.45) is 5.41 Å². The van der Waals surface area contributed by atoms with Crippen molar-refractivity contribution < 1.29 is 22.7 Å². The zero-order chi connectivity index (χ0) is 23.4. The molecule has 1 aromatic carbocycles. The summed E-state index contributed by atoms with van der Waals surface area (Å²) in [5.74, 6) is -0.113. The van der Waals surface area contributed by atoms with E-state index in [1.807, 2.05) is 9.80 Å². The largest absolute Gasteiger partial charge is 0.469 e. The molecule has 2 atom stereocenters. The molecule has 4 rings (SSSR count). The number of esters is 1. The molecule has 10 heteroatoms. The van der Waals surface area contributed by atoms with Crippen molar-refractivity contribution in [1.82, 2.24) is 14.9 Å². The van der Waals surface area contributed by atoms with E-state index in [0.717, 1.165) is 30.4 Å². The molecular formula is C23H29FN4O4S. The van der Waals surface area contributed by atoms with Crippen LogP contribution in [0.4, 0.5) is 10.3 Å². The van der Waals surface area contributed by atoms with E-state index in [1.54, 1.807) is 24.5 Å². The second kappa shape index (κ2) is 10.2. The third kappa shape index (κ3) is 4.92. The molecule has 33 heavy (non-hydrogen) atoms. The Morgan fingerprint density at radius 1 is 1.06 bits per heavy atom. The molecule has 178 valence electrons. The molecule has 2 unspecified atom stereocenters. The number of piperazine rings is 1. The monoisotopic (exact) mass is 476 g/mol. The first-order chi connectivity index (χ1) is 15.9. The Hall–Kier alpha value is -2.43. The van der Waals surface area contributed by atoms with E-state index in [4.69, 9.17) is 4.74 Å². The van der Waals surface area contributed by atoms with Crippen LogP contribution in [-0.4, -0.2) is 68.3 Å². The van der Waals surface area contributed by atoms with Gasteiger partial charge >= 0.3 is 5.97 Å². The fourth-order valence-corrected chi connectivity index (χ4v) is 6.22. The third-order valence-corrected chi connectivity index (χ3v) is 7.88. The maximum atomic E-state index is 13.2. The van der Waals surface area contributed by atoms with Crippen LogP contribution < -0.4 is 4.90 Å². The molecule has 8 nitrogen and oxygen atoms in total. The number of rotatable bonds is 6. The van der Waals surface area contributed by atoms with E-state index in [0.29, 0.717) is 45.0 Å². The molecule has 1 saturated carbocycles. The molecular weight excluding hydrogens is 447 g/mol. The van der Waals surface area contributed by atoms with E-state index in [-0.39, 0.29) is 5.82 Å². The van der Waals surface area contributed by atoms with Gasteiger partial charge in [0.1, 0.15) is 11.2 Å². The van der Waals surface area contributed by atoms with Crippen molar-refractivity contribution in [3.05, 3.63) is 42.5 Å². The van der Waals surface area contributed by atoms with E-state index in [1.165, 1.54) is 19.2 Å². The summed E-state index contributed by atoms with van der Waals surface area (Å²) in [5.41, 5.74) is 0.675. The summed E-state index contributed by atoms with van der Waals surface area (Å²) >= 11 is -2.19. The van der Waals surface area contributed by atoms with Crippen LogP contribution in [0, 0.1) is 11.2 Å². The molecule has 1 N–H and O–H groups in total. The Kier molecular flexibility index (Phi) is 7.35. The van der Waals surface area contributed by atoms with Gasteiger partial charge < -0.3 is 14.2 Å². The van der Waals surface area contributed by atoms with Crippen molar-refractivity contribution >= 4 is 23.0 Å². The van der Waals surface area contributed by atoms with Gasteiger partial charge in [-0.05, 0) is 30.5 Å². The van der Waals surface area contributed by atoms with E-state index in [2.05, 4.69) is 9.97 Å². The molecule has 0 amide bonds. The first-order valence-electron chi connectivity index (χ1n) is 11.2. The number of aromatic nitrogens is 2. The number of benzene rings is 1. The quantitative estimate of drug-likeness (QED) is 0.502. The van der Waals surface area contributed by atoms with E-state index < -0.39 is 27.8 Å². The molecule has 1 aromatic heterocycles. The minimum Gasteiger partial charge on any atom is -0.469 e. The predicted molar refractivity (Wildman–Crippen MR) is 123 cm³/mol. The van der Waals surface area contributed by atoms with Crippen LogP contribution in [0.2, 0.25) is 0 Å². The van der Waals surface area contributed by atoms with Crippen LogP contribution in [0.15, 0.2) is 36.7 Å². The smallest absolute Gasteiger partial charge is 0.314 e. The molecule has 1 aliphatic heterocycles. The number of halogens is 1. The van der Waals surface area contributed by atoms with Crippen molar-refractivity contribution in [3.8, 4) is 11.1 Å². The Morgan fingerprint density at radius 2 is 1.67 bits per heavy atom. The molecule has 2 fully saturated rings. The van der Waals surface area contributed by atoms with Gasteiger partial charge in [0.15, 0.2) is 11.1 Å². The van der Waals surface area contributed by atoms with Crippen LogP contribution in [-0.2, 0) is 20.6 Å². The second-order valence-corrected chi connectivity index (χ2v) is 9.64. The number of anilines is 1. The van der Waals surface area contributed by atoms with Gasteiger partial charge in [0.05, 0.1) is 12.5 Å². The molecule has 0 radical (unpaired) electrons. The lowest BCUT2D eigenvalue weighted by Gasteiger charge is -2.46. The van der Waals surface area contributed by atoms with E-state index >= 15 is 0 Å². The van der Waals surface area contributed by atoms with Crippen molar-refractivity contribution in [2.75, 3.05) is 38.2 Å². The molecule has 2 heterocycles. The standard InChI is InChI=1S/C23H29FN4O4S/c1-32-21(29)23(9-3-2-4-10-23)20(33(30)31)27-11-13-28(14-12-27)22-25-15-18(16-26-22)17-5-7-19(24)8-6-17/h5-8,15-16,20H,2-4,9-14H2,1H3,(H,30,31). The van der Waals surface area contributed by atoms with Crippen LogP contribution in [0.25, 0.3) is 11.1 Å². The SMILES string of the molecule is COC(=O)C1(C(N2CCN(c3ncc(-c4ccc(F)cc4)cn3)CC2)S(=O)O)CCCCC1. The Balaban J connectivity index is 1.46. The topological polar surface area (TPSA) is 95.9 Å². The summed E-state index contributed by atoms with van der Waals surface area (Å²) in [7, 11) is 1.35. The summed E-state index contributed by atoms with van der Waals surface area (Å²) in [6.07, 6.45) is 7.25. The number of hydrogen-bond acceptors (Lipinski definition) is 7. The minimum atomic E-state index is -2.19. The number of hydrogen-bond donors (Lipinski definition) is 1. The highest BCUT2D eigenvalue weighted by Crippen LogP contribution is 2.43. The highest BCUT2D eigenvalue weighted by Gasteiger charge is 2.53. The lowest BCUT2D eigenvalue weighted by Crippen LogP contribution is -2.60. The molecule has 2 aliphatic rings. The van der Waals surface area contributed by atoms with Gasteiger partial charge in [-0.25, -0.2) is 18.6 Å². The number of nitrogens with zero attached hydrogens (tertiary/aromatic N) is 4. The fraction of sp³-hybridized carbons (Fsp3) is 0.522. The molecule has 0 spiro atoms. The highest BCUT2D eigenvalue weighted by atomic mass is 32.2. The lowest BCUT2D eigenvalue weighted by molar-refractivity contribution is -0.158. The van der Waals surface area contributed by atoms with Gasteiger partial charge in [0.25, 0.3) is 0 Å². The molecule has 2 aromatic rings. The van der Waals surface area contributed by atoms with Crippen LogP contribution >= 0.6 is 0 Å². The Labute approximate surface area is 195 Å². The normalized spacial score (nSPS) is 20.8. The minimum absolute atomic E-state index is 0.293. The Bertz CT molecular complexity index is 975. The first kappa shape index (κ1) is 23.7. The molecule has 1 saturated heterocycles. The summed E-state index contributed by atoms with van der Waals surface area (Å²) < 4.78 is 40.9. The number of ether oxygens (including phenoxy) is 1. The predicted octanol–water partition coefficient (Wildman–Crippen LogP) is 3.08. The summed E-state index contributed by atoms with van der Waals surface area (Å²) in [6, 6.07) is 6.17. The van der Waals surface area contributed by atoms with Crippen LogP contribution in [0.3, 0.4) is 0 Å². The second-order valence-electron chi connectivity index (χ2n) is 8.64. The number of carbonyl (C=O) groups is 1. The number of methoxy groups -OCH3 is 1. The average Bonchev–Trinajstić information content (AvgIpc) is 2.85. The van der Waals surface area contributed by atoms with Gasteiger partial charge in [-0.15, -0.1) is 0 Å². The summed E-state index contributed by atoms with van der Waals surface area (Å²) in [6.45, 7) is 2.17.